The molecule has 1 fully saturated rings. The highest BCUT2D eigenvalue weighted by Gasteiger charge is 2.28. The zero-order valence-electron chi connectivity index (χ0n) is 13.4. The van der Waals surface area contributed by atoms with Gasteiger partial charge in [0.15, 0.2) is 5.96 Å². The van der Waals surface area contributed by atoms with Crippen LogP contribution in [0, 0.1) is 5.92 Å². The molecule has 0 spiro atoms. The first-order chi connectivity index (χ1) is 10.7. The van der Waals surface area contributed by atoms with Gasteiger partial charge in [-0.25, -0.2) is 0 Å². The summed E-state index contributed by atoms with van der Waals surface area (Å²) in [5.41, 5.74) is 1.21. The molecule has 1 N–H and O–H groups in total. The molecule has 0 aliphatic carbocycles. The molecular weight excluding hydrogens is 278 g/mol. The fraction of sp³-hybridized carbons (Fsp3) is 0.529. The summed E-state index contributed by atoms with van der Waals surface area (Å²) in [6, 6.07) is 10.2. The van der Waals surface area contributed by atoms with Crippen LogP contribution in [0.2, 0.25) is 0 Å². The third kappa shape index (κ3) is 4.48. The molecular formula is C17H25N3O2. The number of guanidine groups is 1. The molecule has 1 aliphatic heterocycles. The molecule has 2 rings (SSSR count). The second kappa shape index (κ2) is 8.41. The van der Waals surface area contributed by atoms with Gasteiger partial charge >= 0.3 is 5.97 Å². The largest absolute Gasteiger partial charge is 0.466 e. The van der Waals surface area contributed by atoms with Crippen LogP contribution in [0.5, 0.6) is 0 Å². The predicted octanol–water partition coefficient (Wildman–Crippen LogP) is 2.04. The molecule has 120 valence electrons. The number of hydrogen-bond acceptors (Lipinski definition) is 3. The number of nitrogens with zero attached hydrogens (tertiary/aromatic N) is 2. The molecule has 1 aromatic rings. The third-order valence-corrected chi connectivity index (χ3v) is 3.85. The molecule has 5 heteroatoms. The highest BCUT2D eigenvalue weighted by Crippen LogP contribution is 2.18. The summed E-state index contributed by atoms with van der Waals surface area (Å²) in [6.45, 7) is 4.61. The number of rotatable bonds is 4. The smallest absolute Gasteiger partial charge is 0.310 e. The average Bonchev–Trinajstić information content (AvgIpc) is 2.57. The number of nitrogens with one attached hydrogen (secondary N) is 1. The van der Waals surface area contributed by atoms with Crippen LogP contribution in [-0.4, -0.2) is 43.6 Å². The van der Waals surface area contributed by atoms with Gasteiger partial charge in [0.1, 0.15) is 0 Å². The number of aliphatic imine (C=N–C) groups is 1. The second-order valence-electron chi connectivity index (χ2n) is 5.42. The summed E-state index contributed by atoms with van der Waals surface area (Å²) in [4.78, 5) is 18.4. The highest BCUT2D eigenvalue weighted by atomic mass is 16.5. The van der Waals surface area contributed by atoms with Gasteiger partial charge < -0.3 is 15.0 Å². The Kier molecular flexibility index (Phi) is 6.25. The standard InChI is InChI=1S/C17H25N3O2/c1-3-22-16(21)15-10-7-11-20(13-15)17(18-2)19-12-14-8-5-4-6-9-14/h4-6,8-9,15H,3,7,10-13H2,1-2H3,(H,18,19). The van der Waals surface area contributed by atoms with E-state index in [0.29, 0.717) is 13.2 Å². The van der Waals surface area contributed by atoms with E-state index in [-0.39, 0.29) is 11.9 Å². The predicted molar refractivity (Wildman–Crippen MR) is 87.6 cm³/mol. The fourth-order valence-electron chi connectivity index (χ4n) is 2.73. The van der Waals surface area contributed by atoms with Gasteiger partial charge in [-0.2, -0.15) is 0 Å². The van der Waals surface area contributed by atoms with Gasteiger partial charge in [0.25, 0.3) is 0 Å². The molecule has 1 aromatic carbocycles. The molecule has 0 bridgehead atoms. The van der Waals surface area contributed by atoms with E-state index in [1.807, 2.05) is 25.1 Å². The SMILES string of the molecule is CCOC(=O)C1CCCN(C(=NC)NCc2ccccc2)C1. The van der Waals surface area contributed by atoms with Crippen LogP contribution < -0.4 is 5.32 Å². The van der Waals surface area contributed by atoms with Gasteiger partial charge in [0, 0.05) is 26.7 Å². The maximum Gasteiger partial charge on any atom is 0.310 e. The van der Waals surface area contributed by atoms with E-state index in [4.69, 9.17) is 4.74 Å². The number of piperidine rings is 1. The van der Waals surface area contributed by atoms with Crippen LogP contribution in [-0.2, 0) is 16.1 Å². The molecule has 22 heavy (non-hydrogen) atoms. The quantitative estimate of drug-likeness (QED) is 0.525. The van der Waals surface area contributed by atoms with E-state index in [2.05, 4.69) is 27.3 Å². The van der Waals surface area contributed by atoms with Crippen molar-refractivity contribution in [1.82, 2.24) is 10.2 Å². The maximum absolute atomic E-state index is 11.9. The third-order valence-electron chi connectivity index (χ3n) is 3.85. The zero-order valence-corrected chi connectivity index (χ0v) is 13.4. The number of esters is 1. The summed E-state index contributed by atoms with van der Waals surface area (Å²) < 4.78 is 5.15. The van der Waals surface area contributed by atoms with Crippen molar-refractivity contribution < 1.29 is 9.53 Å². The van der Waals surface area contributed by atoms with Crippen LogP contribution in [0.1, 0.15) is 25.3 Å². The minimum absolute atomic E-state index is 0.0519. The van der Waals surface area contributed by atoms with Crippen LogP contribution in [0.4, 0.5) is 0 Å². The summed E-state index contributed by atoms with van der Waals surface area (Å²) >= 11 is 0. The topological polar surface area (TPSA) is 53.9 Å². The molecule has 1 aliphatic rings. The van der Waals surface area contributed by atoms with Crippen molar-refractivity contribution in [3.8, 4) is 0 Å². The van der Waals surface area contributed by atoms with Gasteiger partial charge in [0.05, 0.1) is 12.5 Å². The van der Waals surface area contributed by atoms with Crippen LogP contribution in [0.15, 0.2) is 35.3 Å². The minimum atomic E-state index is -0.0919. The lowest BCUT2D eigenvalue weighted by Gasteiger charge is -2.34. The molecule has 5 nitrogen and oxygen atoms in total. The van der Waals surface area contributed by atoms with Crippen molar-refractivity contribution in [2.45, 2.75) is 26.3 Å². The molecule has 1 atom stereocenters. The van der Waals surface area contributed by atoms with E-state index in [9.17, 15) is 4.79 Å². The molecule has 1 saturated heterocycles. The first-order valence-corrected chi connectivity index (χ1v) is 7.90. The van der Waals surface area contributed by atoms with Crippen LogP contribution in [0.25, 0.3) is 0 Å². The first kappa shape index (κ1) is 16.3. The molecule has 0 amide bonds. The molecule has 0 aromatic heterocycles. The Balaban J connectivity index is 1.91. The zero-order chi connectivity index (χ0) is 15.8. The highest BCUT2D eigenvalue weighted by molar-refractivity contribution is 5.81. The Labute approximate surface area is 132 Å². The lowest BCUT2D eigenvalue weighted by Crippen LogP contribution is -2.48. The number of likely N-dealkylation sites (tertiary alicyclic amines) is 1. The molecule has 0 saturated carbocycles. The Hall–Kier alpha value is -2.04. The van der Waals surface area contributed by atoms with Gasteiger partial charge in [-0.05, 0) is 25.3 Å². The Bertz CT molecular complexity index is 502. The van der Waals surface area contributed by atoms with Crippen molar-refractivity contribution >= 4 is 11.9 Å². The van der Waals surface area contributed by atoms with Crippen LogP contribution >= 0.6 is 0 Å². The summed E-state index contributed by atoms with van der Waals surface area (Å²) in [5, 5.41) is 3.37. The minimum Gasteiger partial charge on any atom is -0.466 e. The lowest BCUT2D eigenvalue weighted by molar-refractivity contribution is -0.149. The first-order valence-electron chi connectivity index (χ1n) is 7.90. The van der Waals surface area contributed by atoms with E-state index in [1.54, 1.807) is 7.05 Å². The van der Waals surface area contributed by atoms with Crippen molar-refractivity contribution in [1.29, 1.82) is 0 Å². The number of hydrogen-bond donors (Lipinski definition) is 1. The van der Waals surface area contributed by atoms with Gasteiger partial charge in [-0.1, -0.05) is 30.3 Å². The molecule has 0 radical (unpaired) electrons. The van der Waals surface area contributed by atoms with E-state index in [0.717, 1.165) is 31.9 Å². The second-order valence-corrected chi connectivity index (χ2v) is 5.42. The maximum atomic E-state index is 11.9. The van der Waals surface area contributed by atoms with Crippen molar-refractivity contribution in [3.05, 3.63) is 35.9 Å². The van der Waals surface area contributed by atoms with Gasteiger partial charge in [0.2, 0.25) is 0 Å². The summed E-state index contributed by atoms with van der Waals surface area (Å²) in [5.74, 6) is 0.701. The number of carbonyl (C=O) groups excluding carboxylic acids is 1. The number of benzene rings is 1. The monoisotopic (exact) mass is 303 g/mol. The fourth-order valence-corrected chi connectivity index (χ4v) is 2.73. The van der Waals surface area contributed by atoms with Crippen molar-refractivity contribution in [2.75, 3.05) is 26.7 Å². The lowest BCUT2D eigenvalue weighted by atomic mass is 9.98. The van der Waals surface area contributed by atoms with Crippen molar-refractivity contribution in [3.63, 3.8) is 0 Å². The summed E-state index contributed by atoms with van der Waals surface area (Å²) in [6.07, 6.45) is 1.88. The van der Waals surface area contributed by atoms with Crippen molar-refractivity contribution in [2.24, 2.45) is 10.9 Å². The Morgan fingerprint density at radius 1 is 1.41 bits per heavy atom. The van der Waals surface area contributed by atoms with E-state index < -0.39 is 0 Å². The molecule has 1 heterocycles. The normalized spacial score (nSPS) is 18.9. The average molecular weight is 303 g/mol. The Morgan fingerprint density at radius 2 is 2.18 bits per heavy atom. The molecule has 1 unspecified atom stereocenters. The van der Waals surface area contributed by atoms with Gasteiger partial charge in [-0.3, -0.25) is 9.79 Å². The van der Waals surface area contributed by atoms with Crippen LogP contribution in [0.3, 0.4) is 0 Å². The van der Waals surface area contributed by atoms with E-state index >= 15 is 0 Å². The number of carbonyl (C=O) groups is 1. The Morgan fingerprint density at radius 3 is 2.86 bits per heavy atom. The van der Waals surface area contributed by atoms with Gasteiger partial charge in [-0.15, -0.1) is 0 Å². The number of ether oxygens (including phenoxy) is 1. The summed E-state index contributed by atoms with van der Waals surface area (Å²) in [7, 11) is 1.78. The van der Waals surface area contributed by atoms with E-state index in [1.165, 1.54) is 5.56 Å².